The molecule has 2 aliphatic rings. The van der Waals surface area contributed by atoms with Crippen molar-refractivity contribution < 1.29 is 0 Å². The number of hydrogen-bond acceptors (Lipinski definition) is 4. The normalized spacial score (nSPS) is 25.7. The smallest absolute Gasteiger partial charge is 0.0991 e. The van der Waals surface area contributed by atoms with E-state index in [0.717, 1.165) is 12.1 Å². The molecule has 24 heavy (non-hydrogen) atoms. The molecular formula is C20H30N4. The molecule has 4 nitrogen and oxygen atoms in total. The Kier molecular flexibility index (Phi) is 6.25. The summed E-state index contributed by atoms with van der Waals surface area (Å²) in [6, 6.07) is 11.1. The number of likely N-dealkylation sites (N-methyl/N-ethyl adjacent to an activating group) is 1. The van der Waals surface area contributed by atoms with E-state index >= 15 is 0 Å². The van der Waals surface area contributed by atoms with Crippen molar-refractivity contribution in [3.63, 3.8) is 0 Å². The molecule has 130 valence electrons. The van der Waals surface area contributed by atoms with Gasteiger partial charge in [-0.25, -0.2) is 0 Å². The van der Waals surface area contributed by atoms with Crippen LogP contribution in [-0.2, 0) is 0 Å². The maximum atomic E-state index is 9.05. The van der Waals surface area contributed by atoms with Crippen LogP contribution in [0.4, 0.5) is 0 Å². The predicted molar refractivity (Wildman–Crippen MR) is 98.1 cm³/mol. The Balaban J connectivity index is 1.35. The Morgan fingerprint density at radius 1 is 1.21 bits per heavy atom. The van der Waals surface area contributed by atoms with Gasteiger partial charge >= 0.3 is 0 Å². The molecule has 1 aromatic carbocycles. The summed E-state index contributed by atoms with van der Waals surface area (Å²) in [6.45, 7) is 7.20. The Morgan fingerprint density at radius 2 is 2.04 bits per heavy atom. The second-order valence-electron chi connectivity index (χ2n) is 7.40. The third kappa shape index (κ3) is 4.80. The molecule has 2 atom stereocenters. The molecule has 0 amide bonds. The first-order valence-corrected chi connectivity index (χ1v) is 9.39. The van der Waals surface area contributed by atoms with E-state index in [1.165, 1.54) is 64.0 Å². The summed E-state index contributed by atoms with van der Waals surface area (Å²) >= 11 is 0. The summed E-state index contributed by atoms with van der Waals surface area (Å²) in [4.78, 5) is 5.00. The van der Waals surface area contributed by atoms with Gasteiger partial charge in [-0.2, -0.15) is 5.26 Å². The summed E-state index contributed by atoms with van der Waals surface area (Å²) < 4.78 is 0. The average molecular weight is 326 g/mol. The minimum Gasteiger partial charge on any atom is -0.314 e. The minimum atomic E-state index is 0.619. The monoisotopic (exact) mass is 326 g/mol. The van der Waals surface area contributed by atoms with Gasteiger partial charge in [0, 0.05) is 32.2 Å². The minimum absolute atomic E-state index is 0.619. The van der Waals surface area contributed by atoms with Gasteiger partial charge < -0.3 is 15.1 Å². The molecule has 0 spiro atoms. The maximum absolute atomic E-state index is 9.05. The van der Waals surface area contributed by atoms with E-state index in [-0.39, 0.29) is 0 Å². The second kappa shape index (κ2) is 8.62. The number of piperazine rings is 1. The Morgan fingerprint density at radius 3 is 2.83 bits per heavy atom. The molecule has 0 radical (unpaired) electrons. The van der Waals surface area contributed by atoms with Crippen molar-refractivity contribution in [3.05, 3.63) is 35.4 Å². The molecular weight excluding hydrogens is 296 g/mol. The van der Waals surface area contributed by atoms with E-state index in [9.17, 15) is 0 Å². The first-order chi connectivity index (χ1) is 11.7. The first kappa shape index (κ1) is 17.4. The molecule has 2 fully saturated rings. The lowest BCUT2D eigenvalue weighted by Crippen LogP contribution is -2.45. The molecule has 1 aromatic rings. The van der Waals surface area contributed by atoms with Gasteiger partial charge in [0.2, 0.25) is 0 Å². The number of nitriles is 1. The van der Waals surface area contributed by atoms with Crippen molar-refractivity contribution in [2.24, 2.45) is 0 Å². The van der Waals surface area contributed by atoms with E-state index in [1.807, 2.05) is 12.1 Å². The fraction of sp³-hybridized carbons (Fsp3) is 0.650. The summed E-state index contributed by atoms with van der Waals surface area (Å²) in [6.07, 6.45) is 4.96. The lowest BCUT2D eigenvalue weighted by Gasteiger charge is -2.32. The van der Waals surface area contributed by atoms with Crippen molar-refractivity contribution in [2.45, 2.75) is 37.6 Å². The van der Waals surface area contributed by atoms with Crippen LogP contribution in [0.2, 0.25) is 0 Å². The van der Waals surface area contributed by atoms with Crippen LogP contribution in [-0.4, -0.2) is 62.2 Å². The second-order valence-corrected chi connectivity index (χ2v) is 7.40. The molecule has 1 aliphatic carbocycles. The van der Waals surface area contributed by atoms with Crippen LogP contribution in [0.3, 0.4) is 0 Å². The number of nitrogens with zero attached hydrogens (tertiary/aromatic N) is 3. The lowest BCUT2D eigenvalue weighted by atomic mass is 9.96. The Hall–Kier alpha value is -1.41. The molecule has 0 aromatic heterocycles. The van der Waals surface area contributed by atoms with Gasteiger partial charge in [-0.15, -0.1) is 0 Å². The van der Waals surface area contributed by atoms with Gasteiger partial charge in [0.15, 0.2) is 0 Å². The zero-order valence-electron chi connectivity index (χ0n) is 14.9. The van der Waals surface area contributed by atoms with Crippen molar-refractivity contribution in [1.29, 1.82) is 5.26 Å². The summed E-state index contributed by atoms with van der Waals surface area (Å²) in [5.41, 5.74) is 2.13. The van der Waals surface area contributed by atoms with E-state index in [1.54, 1.807) is 0 Å². The molecule has 0 unspecified atom stereocenters. The zero-order valence-corrected chi connectivity index (χ0v) is 14.9. The van der Waals surface area contributed by atoms with Crippen molar-refractivity contribution in [3.8, 4) is 6.07 Å². The van der Waals surface area contributed by atoms with Crippen molar-refractivity contribution in [2.75, 3.05) is 46.3 Å². The fourth-order valence-corrected chi connectivity index (χ4v) is 4.01. The third-order valence-corrected chi connectivity index (χ3v) is 5.60. The third-order valence-electron chi connectivity index (χ3n) is 5.60. The SMILES string of the molecule is CN1CCN(CCCN[C@@H]2CC[C@@H](c3cccc(C#N)c3)C2)CC1. The van der Waals surface area contributed by atoms with Crippen LogP contribution < -0.4 is 5.32 Å². The molecule has 1 heterocycles. The molecule has 1 saturated carbocycles. The van der Waals surface area contributed by atoms with E-state index < -0.39 is 0 Å². The highest BCUT2D eigenvalue weighted by molar-refractivity contribution is 5.34. The largest absolute Gasteiger partial charge is 0.314 e. The topological polar surface area (TPSA) is 42.3 Å². The highest BCUT2D eigenvalue weighted by atomic mass is 15.2. The summed E-state index contributed by atoms with van der Waals surface area (Å²) in [7, 11) is 2.21. The summed E-state index contributed by atoms with van der Waals surface area (Å²) in [5.74, 6) is 0.619. The first-order valence-electron chi connectivity index (χ1n) is 9.39. The number of hydrogen-bond donors (Lipinski definition) is 1. The van der Waals surface area contributed by atoms with E-state index in [0.29, 0.717) is 12.0 Å². The van der Waals surface area contributed by atoms with Crippen molar-refractivity contribution in [1.82, 2.24) is 15.1 Å². The highest BCUT2D eigenvalue weighted by Gasteiger charge is 2.25. The number of benzene rings is 1. The van der Waals surface area contributed by atoms with Gasteiger partial charge in [0.25, 0.3) is 0 Å². The summed E-state index contributed by atoms with van der Waals surface area (Å²) in [5, 5.41) is 12.8. The highest BCUT2D eigenvalue weighted by Crippen LogP contribution is 2.34. The van der Waals surface area contributed by atoms with Gasteiger partial charge in [-0.1, -0.05) is 12.1 Å². The van der Waals surface area contributed by atoms with Gasteiger partial charge in [0.1, 0.15) is 0 Å². The molecule has 1 aliphatic heterocycles. The van der Waals surface area contributed by atoms with Crippen LogP contribution in [0, 0.1) is 11.3 Å². The van der Waals surface area contributed by atoms with Crippen LogP contribution in [0.15, 0.2) is 24.3 Å². The van der Waals surface area contributed by atoms with Gasteiger partial charge in [-0.3, -0.25) is 0 Å². The standard InChI is InChI=1S/C20H30N4/c1-23-10-12-24(13-11-23)9-3-8-22-20-7-6-19(15-20)18-5-2-4-17(14-18)16-21/h2,4-5,14,19-20,22H,3,6-13,15H2,1H3/t19-,20-/m1/s1. The van der Waals surface area contributed by atoms with E-state index in [4.69, 9.17) is 5.26 Å². The van der Waals surface area contributed by atoms with Gasteiger partial charge in [0.05, 0.1) is 11.6 Å². The van der Waals surface area contributed by atoms with Crippen LogP contribution in [0.5, 0.6) is 0 Å². The zero-order chi connectivity index (χ0) is 16.8. The fourth-order valence-electron chi connectivity index (χ4n) is 4.01. The maximum Gasteiger partial charge on any atom is 0.0991 e. The molecule has 4 heteroatoms. The van der Waals surface area contributed by atoms with Crippen LogP contribution in [0.1, 0.15) is 42.7 Å². The lowest BCUT2D eigenvalue weighted by molar-refractivity contribution is 0.152. The van der Waals surface area contributed by atoms with Gasteiger partial charge in [-0.05, 0) is 69.4 Å². The molecule has 3 rings (SSSR count). The average Bonchev–Trinajstić information content (AvgIpc) is 3.09. The predicted octanol–water partition coefficient (Wildman–Crippen LogP) is 2.42. The quantitative estimate of drug-likeness (QED) is 0.815. The number of rotatable bonds is 6. The Labute approximate surface area is 146 Å². The molecule has 1 N–H and O–H groups in total. The van der Waals surface area contributed by atoms with Crippen LogP contribution >= 0.6 is 0 Å². The van der Waals surface area contributed by atoms with E-state index in [2.05, 4.69) is 40.4 Å². The van der Waals surface area contributed by atoms with Crippen molar-refractivity contribution >= 4 is 0 Å². The Bertz CT molecular complexity index is 557. The number of nitrogens with one attached hydrogen (secondary N) is 1. The molecule has 0 bridgehead atoms. The van der Waals surface area contributed by atoms with Crippen LogP contribution in [0.25, 0.3) is 0 Å². The molecule has 1 saturated heterocycles.